The van der Waals surface area contributed by atoms with Crippen molar-refractivity contribution in [2.24, 2.45) is 0 Å². The summed E-state index contributed by atoms with van der Waals surface area (Å²) in [5, 5.41) is 11.0. The smallest absolute Gasteiger partial charge is 0.255 e. The van der Waals surface area contributed by atoms with E-state index < -0.39 is 0 Å². The van der Waals surface area contributed by atoms with Gasteiger partial charge in [0.2, 0.25) is 0 Å². The van der Waals surface area contributed by atoms with Gasteiger partial charge in [0.1, 0.15) is 0 Å². The number of nitrogens with one attached hydrogen (secondary N) is 1. The number of carbonyl (C=O) groups excluding carboxylic acids is 1. The molecule has 0 aliphatic carbocycles. The second-order valence-corrected chi connectivity index (χ2v) is 4.17. The molecular formula is C12H20N4O. The van der Waals surface area contributed by atoms with E-state index in [1.807, 2.05) is 21.0 Å². The van der Waals surface area contributed by atoms with Gasteiger partial charge in [-0.25, -0.2) is 0 Å². The molecule has 94 valence electrons. The number of amides is 1. The lowest BCUT2D eigenvalue weighted by Gasteiger charge is -2.17. The average Bonchev–Trinajstić information content (AvgIpc) is 2.31. The van der Waals surface area contributed by atoms with Gasteiger partial charge >= 0.3 is 0 Å². The Balaban J connectivity index is 2.71. The van der Waals surface area contributed by atoms with Gasteiger partial charge in [-0.3, -0.25) is 4.79 Å². The lowest BCUT2D eigenvalue weighted by molar-refractivity contribution is 0.0792. The van der Waals surface area contributed by atoms with Crippen molar-refractivity contribution < 1.29 is 4.79 Å². The van der Waals surface area contributed by atoms with E-state index >= 15 is 0 Å². The van der Waals surface area contributed by atoms with Crippen LogP contribution in [0.4, 0.5) is 0 Å². The number of hydrogen-bond donors (Lipinski definition) is 1. The molecule has 0 spiro atoms. The van der Waals surface area contributed by atoms with E-state index in [2.05, 4.69) is 15.5 Å². The normalized spacial score (nSPS) is 10.4. The molecule has 0 aromatic carbocycles. The number of carbonyl (C=O) groups is 1. The maximum absolute atomic E-state index is 12.1. The van der Waals surface area contributed by atoms with Crippen LogP contribution in [0.25, 0.3) is 0 Å². The fourth-order valence-electron chi connectivity index (χ4n) is 1.57. The van der Waals surface area contributed by atoms with Gasteiger partial charge in [0.05, 0.1) is 17.0 Å². The van der Waals surface area contributed by atoms with E-state index in [1.54, 1.807) is 17.9 Å². The minimum absolute atomic E-state index is 0.0107. The van der Waals surface area contributed by atoms with Crippen LogP contribution in [-0.4, -0.2) is 48.2 Å². The molecule has 0 unspecified atom stereocenters. The zero-order valence-electron chi connectivity index (χ0n) is 10.9. The van der Waals surface area contributed by atoms with Crippen molar-refractivity contribution in [1.82, 2.24) is 20.4 Å². The molecule has 0 bridgehead atoms. The van der Waals surface area contributed by atoms with Crippen molar-refractivity contribution >= 4 is 5.91 Å². The third-order valence-corrected chi connectivity index (χ3v) is 2.60. The number of hydrogen-bond acceptors (Lipinski definition) is 4. The molecule has 0 aliphatic rings. The summed E-state index contributed by atoms with van der Waals surface area (Å²) in [6, 6.07) is 1.79. The van der Waals surface area contributed by atoms with Crippen molar-refractivity contribution in [3.63, 3.8) is 0 Å². The van der Waals surface area contributed by atoms with Crippen LogP contribution >= 0.6 is 0 Å². The van der Waals surface area contributed by atoms with E-state index in [0.717, 1.165) is 25.2 Å². The van der Waals surface area contributed by atoms with Crippen LogP contribution in [0.5, 0.6) is 0 Å². The topological polar surface area (TPSA) is 58.1 Å². The van der Waals surface area contributed by atoms with Crippen LogP contribution in [-0.2, 0) is 0 Å². The average molecular weight is 236 g/mol. The molecule has 0 saturated carbocycles. The minimum atomic E-state index is 0.0107. The van der Waals surface area contributed by atoms with Crippen molar-refractivity contribution in [1.29, 1.82) is 0 Å². The first-order valence-electron chi connectivity index (χ1n) is 5.77. The Bertz CT molecular complexity index is 392. The summed E-state index contributed by atoms with van der Waals surface area (Å²) in [5.74, 6) is 0.0107. The Labute approximate surface area is 102 Å². The maximum Gasteiger partial charge on any atom is 0.255 e. The predicted molar refractivity (Wildman–Crippen MR) is 67.0 cm³/mol. The van der Waals surface area contributed by atoms with E-state index in [1.165, 1.54) is 0 Å². The van der Waals surface area contributed by atoms with Crippen LogP contribution in [0.2, 0.25) is 0 Å². The van der Waals surface area contributed by atoms with Crippen molar-refractivity contribution in [3.8, 4) is 0 Å². The van der Waals surface area contributed by atoms with Gasteiger partial charge in [-0.1, -0.05) is 0 Å². The Morgan fingerprint density at radius 2 is 2.12 bits per heavy atom. The molecule has 0 fully saturated rings. The first kappa shape index (κ1) is 13.6. The molecule has 1 N–H and O–H groups in total. The Kier molecular flexibility index (Phi) is 5.03. The highest BCUT2D eigenvalue weighted by molar-refractivity contribution is 5.95. The highest BCUT2D eigenvalue weighted by Gasteiger charge is 2.15. The quantitative estimate of drug-likeness (QED) is 0.767. The molecule has 1 heterocycles. The van der Waals surface area contributed by atoms with Crippen LogP contribution < -0.4 is 5.32 Å². The van der Waals surface area contributed by atoms with E-state index in [4.69, 9.17) is 0 Å². The largest absolute Gasteiger partial charge is 0.342 e. The standard InChI is InChI=1S/C12H20N4O/c1-9-8-11(10(2)15-14-9)12(17)16(4)7-5-6-13-3/h8,13H,5-7H2,1-4H3. The lowest BCUT2D eigenvalue weighted by atomic mass is 10.1. The molecule has 0 saturated heterocycles. The highest BCUT2D eigenvalue weighted by Crippen LogP contribution is 2.08. The summed E-state index contributed by atoms with van der Waals surface area (Å²) in [4.78, 5) is 13.9. The molecule has 5 nitrogen and oxygen atoms in total. The summed E-state index contributed by atoms with van der Waals surface area (Å²) >= 11 is 0. The monoisotopic (exact) mass is 236 g/mol. The Morgan fingerprint density at radius 1 is 1.41 bits per heavy atom. The molecule has 1 aromatic rings. The molecule has 1 aromatic heterocycles. The Morgan fingerprint density at radius 3 is 2.76 bits per heavy atom. The summed E-state index contributed by atoms with van der Waals surface area (Å²) in [6.07, 6.45) is 0.940. The lowest BCUT2D eigenvalue weighted by Crippen LogP contribution is -2.30. The highest BCUT2D eigenvalue weighted by atomic mass is 16.2. The fourth-order valence-corrected chi connectivity index (χ4v) is 1.57. The van der Waals surface area contributed by atoms with Gasteiger partial charge in [-0.2, -0.15) is 10.2 Å². The SMILES string of the molecule is CNCCCN(C)C(=O)c1cc(C)nnc1C. The Hall–Kier alpha value is -1.49. The van der Waals surface area contributed by atoms with Crippen LogP contribution in [0.3, 0.4) is 0 Å². The summed E-state index contributed by atoms with van der Waals surface area (Å²) in [6.45, 7) is 5.29. The van der Waals surface area contributed by atoms with E-state index in [9.17, 15) is 4.79 Å². The van der Waals surface area contributed by atoms with E-state index in [-0.39, 0.29) is 5.91 Å². The molecule has 1 rings (SSSR count). The summed E-state index contributed by atoms with van der Waals surface area (Å²) < 4.78 is 0. The van der Waals surface area contributed by atoms with Crippen molar-refractivity contribution in [2.45, 2.75) is 20.3 Å². The number of nitrogens with zero attached hydrogens (tertiary/aromatic N) is 3. The van der Waals surface area contributed by atoms with Crippen molar-refractivity contribution in [2.75, 3.05) is 27.2 Å². The fraction of sp³-hybridized carbons (Fsp3) is 0.583. The molecule has 1 amide bonds. The number of rotatable bonds is 5. The molecule has 0 radical (unpaired) electrons. The molecule has 17 heavy (non-hydrogen) atoms. The number of aryl methyl sites for hydroxylation is 2. The molecule has 0 aliphatic heterocycles. The van der Waals surface area contributed by atoms with Gasteiger partial charge in [0, 0.05) is 13.6 Å². The zero-order chi connectivity index (χ0) is 12.8. The summed E-state index contributed by atoms with van der Waals surface area (Å²) in [7, 11) is 3.72. The van der Waals surface area contributed by atoms with Crippen LogP contribution in [0.1, 0.15) is 28.2 Å². The minimum Gasteiger partial charge on any atom is -0.342 e. The maximum atomic E-state index is 12.1. The van der Waals surface area contributed by atoms with Gasteiger partial charge in [0.15, 0.2) is 0 Å². The second-order valence-electron chi connectivity index (χ2n) is 4.17. The van der Waals surface area contributed by atoms with Gasteiger partial charge in [0.25, 0.3) is 5.91 Å². The molecular weight excluding hydrogens is 216 g/mol. The zero-order valence-corrected chi connectivity index (χ0v) is 10.9. The van der Waals surface area contributed by atoms with Crippen LogP contribution in [0.15, 0.2) is 6.07 Å². The van der Waals surface area contributed by atoms with Crippen LogP contribution in [0, 0.1) is 13.8 Å². The second kappa shape index (κ2) is 6.30. The van der Waals surface area contributed by atoms with Gasteiger partial charge in [-0.15, -0.1) is 0 Å². The first-order chi connectivity index (χ1) is 8.06. The van der Waals surface area contributed by atoms with Gasteiger partial charge in [-0.05, 0) is 39.9 Å². The first-order valence-corrected chi connectivity index (χ1v) is 5.77. The van der Waals surface area contributed by atoms with Gasteiger partial charge < -0.3 is 10.2 Å². The third-order valence-electron chi connectivity index (χ3n) is 2.60. The van der Waals surface area contributed by atoms with E-state index in [0.29, 0.717) is 11.3 Å². The molecule has 5 heteroatoms. The molecule has 0 atom stereocenters. The predicted octanol–water partition coefficient (Wildman–Crippen LogP) is 0.775. The third kappa shape index (κ3) is 3.78. The summed E-state index contributed by atoms with van der Waals surface area (Å²) in [5.41, 5.74) is 2.09. The van der Waals surface area contributed by atoms with Crippen molar-refractivity contribution in [3.05, 3.63) is 23.0 Å². The number of aromatic nitrogens is 2.